The van der Waals surface area contributed by atoms with Crippen molar-refractivity contribution in [1.82, 2.24) is 10.2 Å². The van der Waals surface area contributed by atoms with Gasteiger partial charge < -0.3 is 5.32 Å². The molecule has 2 heterocycles. The smallest absolute Gasteiger partial charge is 0.127 e. The summed E-state index contributed by atoms with van der Waals surface area (Å²) in [5.74, 6) is -0.442. The Labute approximate surface area is 187 Å². The van der Waals surface area contributed by atoms with E-state index in [1.165, 1.54) is 12.1 Å². The zero-order chi connectivity index (χ0) is 21.9. The van der Waals surface area contributed by atoms with E-state index in [1.807, 2.05) is 36.4 Å². The van der Waals surface area contributed by atoms with Gasteiger partial charge in [-0.3, -0.25) is 4.90 Å². The van der Waals surface area contributed by atoms with Gasteiger partial charge in [-0.15, -0.1) is 0 Å². The molecule has 3 aromatic rings. The third kappa shape index (κ3) is 4.61. The Morgan fingerprint density at radius 3 is 2.44 bits per heavy atom. The van der Waals surface area contributed by atoms with Crippen LogP contribution >= 0.6 is 0 Å². The predicted molar refractivity (Wildman–Crippen MR) is 122 cm³/mol. The van der Waals surface area contributed by atoms with Crippen molar-refractivity contribution in [2.75, 3.05) is 13.1 Å². The molecule has 6 heteroatoms. The van der Waals surface area contributed by atoms with Crippen molar-refractivity contribution in [3.63, 3.8) is 0 Å². The van der Waals surface area contributed by atoms with E-state index in [9.17, 15) is 8.78 Å². The highest BCUT2D eigenvalue weighted by atomic mass is 19.1. The molecule has 0 amide bonds. The Morgan fingerprint density at radius 2 is 1.62 bits per heavy atom. The summed E-state index contributed by atoms with van der Waals surface area (Å²) in [5.41, 5.74) is 5.69. The summed E-state index contributed by atoms with van der Waals surface area (Å²) in [5, 5.41) is 11.7. The molecule has 1 N–H and O–H groups in total. The van der Waals surface area contributed by atoms with Crippen molar-refractivity contribution in [2.45, 2.75) is 38.5 Å². The number of halogens is 2. The van der Waals surface area contributed by atoms with Crippen LogP contribution in [-0.2, 0) is 19.6 Å². The normalized spacial score (nSPS) is 16.0. The van der Waals surface area contributed by atoms with Crippen LogP contribution in [0.25, 0.3) is 11.1 Å². The van der Waals surface area contributed by atoms with Gasteiger partial charge in [-0.2, -0.15) is 10.2 Å². The van der Waals surface area contributed by atoms with Gasteiger partial charge in [0.25, 0.3) is 0 Å². The molecule has 4 nitrogen and oxygen atoms in total. The first-order valence-corrected chi connectivity index (χ1v) is 11.1. The molecule has 164 valence electrons. The highest BCUT2D eigenvalue weighted by Gasteiger charge is 2.23. The van der Waals surface area contributed by atoms with Gasteiger partial charge in [0.1, 0.15) is 11.6 Å². The van der Waals surface area contributed by atoms with Crippen LogP contribution in [0.5, 0.6) is 0 Å². The predicted octanol–water partition coefficient (Wildman–Crippen LogP) is 5.98. The summed E-state index contributed by atoms with van der Waals surface area (Å²) in [6, 6.07) is 18.4. The zero-order valence-electron chi connectivity index (χ0n) is 17.9. The summed E-state index contributed by atoms with van der Waals surface area (Å²) >= 11 is 0. The fourth-order valence-corrected chi connectivity index (χ4v) is 4.56. The molecule has 0 saturated carbocycles. The van der Waals surface area contributed by atoms with Crippen molar-refractivity contribution in [3.05, 3.63) is 89.0 Å². The maximum atomic E-state index is 14.9. The molecule has 0 unspecified atom stereocenters. The average molecular weight is 433 g/mol. The van der Waals surface area contributed by atoms with Gasteiger partial charge in [0, 0.05) is 30.3 Å². The minimum atomic E-state index is -0.241. The van der Waals surface area contributed by atoms with Crippen molar-refractivity contribution >= 4 is 5.69 Å². The SMILES string of the molecule is Fc1ccc(CN(Cc2cc(-c3ccc4c(c3)N=NC4)ccc2F)C2CCNCC2)cc1. The number of rotatable bonds is 6. The van der Waals surface area contributed by atoms with E-state index >= 15 is 0 Å². The van der Waals surface area contributed by atoms with E-state index in [2.05, 4.69) is 26.5 Å². The molecule has 2 aliphatic heterocycles. The van der Waals surface area contributed by atoms with Crippen molar-refractivity contribution < 1.29 is 8.78 Å². The molecule has 5 rings (SSSR count). The molecule has 1 fully saturated rings. The maximum Gasteiger partial charge on any atom is 0.127 e. The molecule has 1 saturated heterocycles. The molecule has 0 atom stereocenters. The lowest BCUT2D eigenvalue weighted by Gasteiger charge is -2.35. The van der Waals surface area contributed by atoms with Crippen LogP contribution in [0.4, 0.5) is 14.5 Å². The molecule has 0 spiro atoms. The Balaban J connectivity index is 1.42. The third-order valence-electron chi connectivity index (χ3n) is 6.38. The summed E-state index contributed by atoms with van der Waals surface area (Å²) in [4.78, 5) is 2.33. The monoisotopic (exact) mass is 432 g/mol. The number of nitrogens with one attached hydrogen (secondary N) is 1. The summed E-state index contributed by atoms with van der Waals surface area (Å²) in [7, 11) is 0. The number of hydrogen-bond acceptors (Lipinski definition) is 4. The highest BCUT2D eigenvalue weighted by molar-refractivity contribution is 5.69. The molecule has 0 aromatic heterocycles. The second-order valence-corrected chi connectivity index (χ2v) is 8.56. The van der Waals surface area contributed by atoms with Crippen molar-refractivity contribution in [3.8, 4) is 11.1 Å². The second-order valence-electron chi connectivity index (χ2n) is 8.56. The number of nitrogens with zero attached hydrogens (tertiary/aromatic N) is 3. The Morgan fingerprint density at radius 1 is 0.875 bits per heavy atom. The summed E-state index contributed by atoms with van der Waals surface area (Å²) in [6.45, 7) is 3.70. The van der Waals surface area contributed by atoms with Crippen molar-refractivity contribution in [1.29, 1.82) is 0 Å². The first kappa shape index (κ1) is 20.9. The van der Waals surface area contributed by atoms with Crippen LogP contribution in [0.15, 0.2) is 70.9 Å². The molecular weight excluding hydrogens is 406 g/mol. The number of benzene rings is 3. The van der Waals surface area contributed by atoms with E-state index in [0.29, 0.717) is 31.2 Å². The van der Waals surface area contributed by atoms with Crippen LogP contribution in [0, 0.1) is 11.6 Å². The van der Waals surface area contributed by atoms with Crippen molar-refractivity contribution in [2.24, 2.45) is 10.2 Å². The lowest BCUT2D eigenvalue weighted by molar-refractivity contribution is 0.144. The van der Waals surface area contributed by atoms with E-state index in [4.69, 9.17) is 0 Å². The first-order chi connectivity index (χ1) is 15.7. The third-order valence-corrected chi connectivity index (χ3v) is 6.38. The largest absolute Gasteiger partial charge is 0.317 e. The number of piperidine rings is 1. The van der Waals surface area contributed by atoms with Gasteiger partial charge in [-0.25, -0.2) is 8.78 Å². The Hall–Kier alpha value is -2.96. The van der Waals surface area contributed by atoms with Gasteiger partial charge in [0.05, 0.1) is 12.2 Å². The first-order valence-electron chi connectivity index (χ1n) is 11.1. The minimum absolute atomic E-state index is 0.201. The van der Waals surface area contributed by atoms with E-state index in [0.717, 1.165) is 53.9 Å². The summed E-state index contributed by atoms with van der Waals surface area (Å²) in [6.07, 6.45) is 2.02. The summed E-state index contributed by atoms with van der Waals surface area (Å²) < 4.78 is 28.3. The fraction of sp³-hybridized carbons (Fsp3) is 0.308. The van der Waals surface area contributed by atoms with Gasteiger partial charge >= 0.3 is 0 Å². The molecular formula is C26H26F2N4. The van der Waals surface area contributed by atoms with Gasteiger partial charge in [0.2, 0.25) is 0 Å². The standard InChI is InChI=1S/C26H26F2N4/c27-23-6-1-18(2-7-23)16-32(24-9-11-29-12-10-24)17-22-13-19(5-8-25(22)28)20-3-4-21-15-30-31-26(21)14-20/h1-8,13-14,24,29H,9-12,15-17H2. The van der Waals surface area contributed by atoms with Crippen LogP contribution < -0.4 is 5.32 Å². The lowest BCUT2D eigenvalue weighted by Crippen LogP contribution is -2.42. The number of azo groups is 1. The number of fused-ring (bicyclic) bond motifs is 1. The minimum Gasteiger partial charge on any atom is -0.317 e. The second kappa shape index (κ2) is 9.27. The average Bonchev–Trinajstić information content (AvgIpc) is 3.30. The van der Waals surface area contributed by atoms with Crippen LogP contribution in [0.3, 0.4) is 0 Å². The molecule has 32 heavy (non-hydrogen) atoms. The van der Waals surface area contributed by atoms with Crippen LogP contribution in [0.1, 0.15) is 29.5 Å². The molecule has 0 aliphatic carbocycles. The van der Waals surface area contributed by atoms with E-state index < -0.39 is 0 Å². The fourth-order valence-electron chi connectivity index (χ4n) is 4.56. The van der Waals surface area contributed by atoms with Gasteiger partial charge in [-0.1, -0.05) is 30.3 Å². The lowest BCUT2D eigenvalue weighted by atomic mass is 9.98. The van der Waals surface area contributed by atoms with E-state index in [1.54, 1.807) is 6.07 Å². The van der Waals surface area contributed by atoms with Gasteiger partial charge in [-0.05, 0) is 73.0 Å². The van der Waals surface area contributed by atoms with Crippen LogP contribution in [-0.4, -0.2) is 24.0 Å². The van der Waals surface area contributed by atoms with E-state index in [-0.39, 0.29) is 11.6 Å². The topological polar surface area (TPSA) is 40.0 Å². The van der Waals surface area contributed by atoms with Gasteiger partial charge in [0.15, 0.2) is 0 Å². The quantitative estimate of drug-likeness (QED) is 0.520. The molecule has 3 aromatic carbocycles. The molecule has 0 bridgehead atoms. The number of hydrogen-bond donors (Lipinski definition) is 1. The maximum absolute atomic E-state index is 14.9. The highest BCUT2D eigenvalue weighted by Crippen LogP contribution is 2.33. The zero-order valence-corrected chi connectivity index (χ0v) is 17.9. The Kier molecular flexibility index (Phi) is 6.06. The van der Waals surface area contributed by atoms with Crippen LogP contribution in [0.2, 0.25) is 0 Å². The molecule has 2 aliphatic rings. The Bertz CT molecular complexity index is 1120. The molecule has 0 radical (unpaired) electrons.